The van der Waals surface area contributed by atoms with Crippen molar-refractivity contribution < 1.29 is 19.4 Å². The molecular formula is C12H15N3O4. The van der Waals surface area contributed by atoms with Gasteiger partial charge in [-0.15, -0.1) is 0 Å². The first-order valence-electron chi connectivity index (χ1n) is 5.99. The molecule has 7 heteroatoms. The molecule has 2 aromatic heterocycles. The molecule has 0 bridgehead atoms. The third kappa shape index (κ3) is 1.86. The lowest BCUT2D eigenvalue weighted by molar-refractivity contribution is -0.0462. The number of hydrogen-bond donors (Lipinski definition) is 3. The molecule has 0 spiro atoms. The molecule has 3 rings (SSSR count). The first-order valence-corrected chi connectivity index (χ1v) is 5.99. The van der Waals surface area contributed by atoms with E-state index in [0.717, 1.165) is 0 Å². The molecule has 0 aliphatic carbocycles. The van der Waals surface area contributed by atoms with Crippen molar-refractivity contribution in [2.24, 2.45) is 0 Å². The van der Waals surface area contributed by atoms with Gasteiger partial charge in [-0.3, -0.25) is 0 Å². The Morgan fingerprint density at radius 3 is 3.00 bits per heavy atom. The topological polar surface area (TPSA) is 115 Å². The minimum atomic E-state index is -1.09. The van der Waals surface area contributed by atoms with Crippen molar-refractivity contribution in [1.29, 1.82) is 0 Å². The van der Waals surface area contributed by atoms with Crippen molar-refractivity contribution in [2.75, 3.05) is 12.3 Å². The second-order valence-corrected chi connectivity index (χ2v) is 5.01. The molecule has 0 saturated carbocycles. The fourth-order valence-corrected chi connectivity index (χ4v) is 2.54. The Morgan fingerprint density at radius 1 is 1.53 bits per heavy atom. The van der Waals surface area contributed by atoms with E-state index in [2.05, 4.69) is 9.97 Å². The molecule has 7 nitrogen and oxygen atoms in total. The molecule has 1 unspecified atom stereocenters. The van der Waals surface area contributed by atoms with E-state index in [9.17, 15) is 5.11 Å². The molecule has 0 radical (unpaired) electrons. The van der Waals surface area contributed by atoms with Gasteiger partial charge in [-0.25, -0.2) is 9.97 Å². The Morgan fingerprint density at radius 2 is 2.32 bits per heavy atom. The fourth-order valence-electron chi connectivity index (χ4n) is 2.54. The lowest BCUT2D eigenvalue weighted by Crippen LogP contribution is -2.28. The Bertz CT molecular complexity index is 610. The van der Waals surface area contributed by atoms with Crippen LogP contribution in [-0.4, -0.2) is 38.5 Å². The number of aliphatic hydroxyl groups excluding tert-OH is 1. The largest absolute Gasteiger partial charge is 0.458 e. The Kier molecular flexibility index (Phi) is 2.70. The number of fused-ring (bicyclic) bond motifs is 1. The van der Waals surface area contributed by atoms with Crippen molar-refractivity contribution in [1.82, 2.24) is 9.97 Å². The van der Waals surface area contributed by atoms with Gasteiger partial charge in [-0.05, 0) is 6.92 Å². The van der Waals surface area contributed by atoms with Gasteiger partial charge in [-0.2, -0.15) is 0 Å². The van der Waals surface area contributed by atoms with Crippen LogP contribution in [0, 0.1) is 0 Å². The van der Waals surface area contributed by atoms with Crippen molar-refractivity contribution >= 4 is 16.9 Å². The second kappa shape index (κ2) is 4.16. The molecule has 4 N–H and O–H groups in total. The van der Waals surface area contributed by atoms with Crippen LogP contribution in [0.2, 0.25) is 0 Å². The Hall–Kier alpha value is -1.70. The number of nitrogen functional groups attached to an aromatic ring is 1. The molecule has 1 aliphatic heterocycles. The second-order valence-electron chi connectivity index (χ2n) is 5.01. The number of anilines is 1. The number of nitrogens with zero attached hydrogens (tertiary/aromatic N) is 2. The predicted octanol–water partition coefficient (Wildman–Crippen LogP) is 0.378. The molecule has 102 valence electrons. The van der Waals surface area contributed by atoms with Crippen LogP contribution in [0.5, 0.6) is 0 Å². The van der Waals surface area contributed by atoms with Gasteiger partial charge in [0.25, 0.3) is 0 Å². The van der Waals surface area contributed by atoms with Crippen LogP contribution in [0.3, 0.4) is 0 Å². The molecule has 1 fully saturated rings. The van der Waals surface area contributed by atoms with E-state index in [1.54, 1.807) is 6.92 Å². The van der Waals surface area contributed by atoms with Crippen LogP contribution in [0.4, 0.5) is 5.82 Å². The normalized spacial score (nSPS) is 31.1. The van der Waals surface area contributed by atoms with E-state index in [1.165, 1.54) is 12.6 Å². The molecule has 3 heterocycles. The molecule has 19 heavy (non-hydrogen) atoms. The van der Waals surface area contributed by atoms with E-state index >= 15 is 0 Å². The predicted molar refractivity (Wildman–Crippen MR) is 66.2 cm³/mol. The summed E-state index contributed by atoms with van der Waals surface area (Å²) in [4.78, 5) is 7.97. The maximum absolute atomic E-state index is 10.4. The zero-order valence-electron chi connectivity index (χ0n) is 10.4. The van der Waals surface area contributed by atoms with Crippen LogP contribution < -0.4 is 5.73 Å². The number of ether oxygens (including phenoxy) is 1. The van der Waals surface area contributed by atoms with Gasteiger partial charge in [0.1, 0.15) is 17.9 Å². The highest BCUT2D eigenvalue weighted by Gasteiger charge is 2.45. The quantitative estimate of drug-likeness (QED) is 0.718. The van der Waals surface area contributed by atoms with Gasteiger partial charge in [0.05, 0.1) is 24.6 Å². The van der Waals surface area contributed by atoms with Gasteiger partial charge in [0.15, 0.2) is 11.4 Å². The molecule has 1 saturated heterocycles. The summed E-state index contributed by atoms with van der Waals surface area (Å²) in [5.74, 6) is 0.243. The van der Waals surface area contributed by atoms with Crippen molar-refractivity contribution in [3.8, 4) is 0 Å². The van der Waals surface area contributed by atoms with E-state index in [0.29, 0.717) is 23.1 Å². The minimum Gasteiger partial charge on any atom is -0.458 e. The fraction of sp³-hybridized carbons (Fsp3) is 0.500. The monoisotopic (exact) mass is 265 g/mol. The highest BCUT2D eigenvalue weighted by atomic mass is 16.5. The third-order valence-electron chi connectivity index (χ3n) is 3.43. The molecule has 2 aromatic rings. The number of hydrogen-bond acceptors (Lipinski definition) is 7. The Labute approximate surface area is 109 Å². The van der Waals surface area contributed by atoms with Crippen LogP contribution in [0.1, 0.15) is 25.0 Å². The van der Waals surface area contributed by atoms with E-state index < -0.39 is 17.8 Å². The SMILES string of the molecule is CC1(O)C[C@@H](CO)O[C@H]1c1coc2c(N)ncnc12. The van der Waals surface area contributed by atoms with E-state index in [4.69, 9.17) is 20.0 Å². The van der Waals surface area contributed by atoms with Crippen LogP contribution in [0.25, 0.3) is 11.1 Å². The number of aromatic nitrogens is 2. The summed E-state index contributed by atoms with van der Waals surface area (Å²) in [5, 5.41) is 19.6. The number of rotatable bonds is 2. The molecule has 3 atom stereocenters. The van der Waals surface area contributed by atoms with Gasteiger partial charge >= 0.3 is 0 Å². The summed E-state index contributed by atoms with van der Waals surface area (Å²) in [6, 6.07) is 0. The van der Waals surface area contributed by atoms with Gasteiger partial charge in [-0.1, -0.05) is 0 Å². The first-order chi connectivity index (χ1) is 9.03. The van der Waals surface area contributed by atoms with E-state index in [-0.39, 0.29) is 12.4 Å². The number of nitrogens with two attached hydrogens (primary N) is 1. The summed E-state index contributed by atoms with van der Waals surface area (Å²) in [5.41, 5.74) is 6.13. The van der Waals surface area contributed by atoms with Crippen molar-refractivity contribution in [3.63, 3.8) is 0 Å². The zero-order valence-corrected chi connectivity index (χ0v) is 10.4. The standard InChI is InChI=1S/C12H15N3O4/c1-12(17)2-6(3-16)19-10(12)7-4-18-9-8(7)14-5-15-11(9)13/h4-6,10,16-17H,2-3H2,1H3,(H2,13,14,15)/t6-,10-,12?/m0/s1. The molecule has 0 amide bonds. The van der Waals surface area contributed by atoms with Crippen LogP contribution in [0.15, 0.2) is 17.0 Å². The maximum atomic E-state index is 10.4. The average molecular weight is 265 g/mol. The third-order valence-corrected chi connectivity index (χ3v) is 3.43. The summed E-state index contributed by atoms with van der Waals surface area (Å²) in [6.45, 7) is 1.52. The summed E-state index contributed by atoms with van der Waals surface area (Å²) < 4.78 is 11.0. The summed E-state index contributed by atoms with van der Waals surface area (Å²) >= 11 is 0. The maximum Gasteiger partial charge on any atom is 0.194 e. The highest BCUT2D eigenvalue weighted by Crippen LogP contribution is 2.43. The van der Waals surface area contributed by atoms with Crippen molar-refractivity contribution in [3.05, 3.63) is 18.2 Å². The van der Waals surface area contributed by atoms with E-state index in [1.807, 2.05) is 0 Å². The number of aliphatic hydroxyl groups is 2. The minimum absolute atomic E-state index is 0.139. The highest BCUT2D eigenvalue weighted by molar-refractivity contribution is 5.85. The van der Waals surface area contributed by atoms with Gasteiger partial charge in [0.2, 0.25) is 0 Å². The van der Waals surface area contributed by atoms with Crippen LogP contribution >= 0.6 is 0 Å². The summed E-state index contributed by atoms with van der Waals surface area (Å²) in [6.07, 6.45) is 2.14. The lowest BCUT2D eigenvalue weighted by atomic mass is 9.92. The molecular weight excluding hydrogens is 250 g/mol. The summed E-state index contributed by atoms with van der Waals surface area (Å²) in [7, 11) is 0. The van der Waals surface area contributed by atoms with Crippen molar-refractivity contribution in [2.45, 2.75) is 31.2 Å². The Balaban J connectivity index is 2.07. The molecule has 0 aromatic carbocycles. The zero-order chi connectivity index (χ0) is 13.6. The first kappa shape index (κ1) is 12.3. The smallest absolute Gasteiger partial charge is 0.194 e. The van der Waals surface area contributed by atoms with Crippen LogP contribution in [-0.2, 0) is 4.74 Å². The lowest BCUT2D eigenvalue weighted by Gasteiger charge is -2.22. The average Bonchev–Trinajstić information content (AvgIpc) is 2.90. The number of furan rings is 1. The molecule has 1 aliphatic rings. The van der Waals surface area contributed by atoms with Gasteiger partial charge < -0.3 is 25.1 Å². The van der Waals surface area contributed by atoms with Gasteiger partial charge in [0, 0.05) is 12.0 Å².